The number of aliphatic hydroxyl groups excluding tert-OH is 1. The van der Waals surface area contributed by atoms with E-state index in [0.29, 0.717) is 6.42 Å². The van der Waals surface area contributed by atoms with E-state index in [1.54, 1.807) is 7.11 Å². The Morgan fingerprint density at radius 3 is 2.76 bits per heavy atom. The summed E-state index contributed by atoms with van der Waals surface area (Å²) in [6, 6.07) is 0. The first-order valence-corrected chi connectivity index (χ1v) is 6.29. The molecule has 1 heterocycles. The normalized spacial score (nSPS) is 16.9. The van der Waals surface area contributed by atoms with Gasteiger partial charge in [-0.1, -0.05) is 12.8 Å². The Morgan fingerprint density at radius 2 is 2.18 bits per heavy atom. The molecule has 3 heteroatoms. The summed E-state index contributed by atoms with van der Waals surface area (Å²) in [6.45, 7) is 4.00. The predicted molar refractivity (Wildman–Crippen MR) is 67.3 cm³/mol. The lowest BCUT2D eigenvalue weighted by Gasteiger charge is -2.15. The van der Waals surface area contributed by atoms with Gasteiger partial charge in [-0.05, 0) is 26.2 Å². The fourth-order valence-electron chi connectivity index (χ4n) is 2.32. The van der Waals surface area contributed by atoms with Crippen molar-refractivity contribution in [2.75, 3.05) is 7.11 Å². The van der Waals surface area contributed by atoms with Crippen LogP contribution >= 0.6 is 0 Å². The third kappa shape index (κ3) is 2.97. The highest BCUT2D eigenvalue weighted by Crippen LogP contribution is 2.34. The quantitative estimate of drug-likeness (QED) is 0.852. The van der Waals surface area contributed by atoms with Crippen molar-refractivity contribution in [2.24, 2.45) is 5.92 Å². The van der Waals surface area contributed by atoms with Crippen LogP contribution in [0.5, 0.6) is 5.75 Å². The lowest BCUT2D eigenvalue weighted by molar-refractivity contribution is 0.156. The zero-order valence-electron chi connectivity index (χ0n) is 10.9. The van der Waals surface area contributed by atoms with Gasteiger partial charge in [-0.25, -0.2) is 0 Å². The molecule has 1 saturated carbocycles. The second-order valence-electron chi connectivity index (χ2n) is 5.08. The van der Waals surface area contributed by atoms with Crippen LogP contribution in [0.1, 0.15) is 36.1 Å². The number of ether oxygens (including phenoxy) is 1. The molecular formula is C14H21NO2. The molecule has 1 aliphatic rings. The van der Waals surface area contributed by atoms with Gasteiger partial charge in [-0.2, -0.15) is 0 Å². The van der Waals surface area contributed by atoms with E-state index in [2.05, 4.69) is 4.98 Å². The summed E-state index contributed by atoms with van der Waals surface area (Å²) in [5, 5.41) is 9.99. The van der Waals surface area contributed by atoms with Crippen LogP contribution in [-0.2, 0) is 6.42 Å². The highest BCUT2D eigenvalue weighted by Gasteiger charge is 2.25. The fraction of sp³-hybridized carbons (Fsp3) is 0.643. The number of methoxy groups -OCH3 is 1. The molecule has 1 aliphatic carbocycles. The maximum Gasteiger partial charge on any atom is 0.128 e. The standard InChI is InChI=1S/C14H21NO2/c1-9-8-15-13(10(2)14(9)17-3)7-12(16)6-11-4-5-11/h8,11-12,16H,4-7H2,1-3H3. The summed E-state index contributed by atoms with van der Waals surface area (Å²) >= 11 is 0. The van der Waals surface area contributed by atoms with E-state index in [0.717, 1.165) is 34.9 Å². The minimum absolute atomic E-state index is 0.263. The van der Waals surface area contributed by atoms with Crippen molar-refractivity contribution in [3.8, 4) is 5.75 Å². The molecule has 0 spiro atoms. The Balaban J connectivity index is 2.09. The van der Waals surface area contributed by atoms with Gasteiger partial charge in [-0.3, -0.25) is 4.98 Å². The van der Waals surface area contributed by atoms with Crippen molar-refractivity contribution < 1.29 is 9.84 Å². The third-order valence-electron chi connectivity index (χ3n) is 3.48. The van der Waals surface area contributed by atoms with Crippen LogP contribution in [0.15, 0.2) is 6.20 Å². The van der Waals surface area contributed by atoms with Gasteiger partial charge in [0.15, 0.2) is 0 Å². The molecule has 1 atom stereocenters. The zero-order chi connectivity index (χ0) is 12.4. The van der Waals surface area contributed by atoms with Crippen molar-refractivity contribution in [1.29, 1.82) is 0 Å². The van der Waals surface area contributed by atoms with Gasteiger partial charge in [-0.15, -0.1) is 0 Å². The SMILES string of the molecule is COc1c(C)cnc(CC(O)CC2CC2)c1C. The monoisotopic (exact) mass is 235 g/mol. The first kappa shape index (κ1) is 12.4. The fourth-order valence-corrected chi connectivity index (χ4v) is 2.32. The Hall–Kier alpha value is -1.09. The van der Waals surface area contributed by atoms with E-state index in [4.69, 9.17) is 4.74 Å². The van der Waals surface area contributed by atoms with E-state index in [-0.39, 0.29) is 6.10 Å². The van der Waals surface area contributed by atoms with Gasteiger partial charge in [0, 0.05) is 29.4 Å². The van der Waals surface area contributed by atoms with Gasteiger partial charge < -0.3 is 9.84 Å². The van der Waals surface area contributed by atoms with Crippen LogP contribution in [-0.4, -0.2) is 23.3 Å². The lowest BCUT2D eigenvalue weighted by atomic mass is 10.0. The smallest absolute Gasteiger partial charge is 0.128 e. The van der Waals surface area contributed by atoms with E-state index in [1.807, 2.05) is 20.0 Å². The van der Waals surface area contributed by atoms with Gasteiger partial charge in [0.1, 0.15) is 5.75 Å². The van der Waals surface area contributed by atoms with Gasteiger partial charge >= 0.3 is 0 Å². The summed E-state index contributed by atoms with van der Waals surface area (Å²) in [7, 11) is 1.68. The van der Waals surface area contributed by atoms with Gasteiger partial charge in [0.05, 0.1) is 13.2 Å². The van der Waals surface area contributed by atoms with Gasteiger partial charge in [0.25, 0.3) is 0 Å². The molecule has 2 rings (SSSR count). The average molecular weight is 235 g/mol. The van der Waals surface area contributed by atoms with Crippen molar-refractivity contribution in [1.82, 2.24) is 4.98 Å². The minimum Gasteiger partial charge on any atom is -0.496 e. The Bertz CT molecular complexity index is 399. The van der Waals surface area contributed by atoms with Crippen LogP contribution in [0, 0.1) is 19.8 Å². The van der Waals surface area contributed by atoms with E-state index >= 15 is 0 Å². The maximum absolute atomic E-state index is 9.99. The molecule has 1 aromatic rings. The molecule has 17 heavy (non-hydrogen) atoms. The van der Waals surface area contributed by atoms with E-state index in [1.165, 1.54) is 12.8 Å². The number of aryl methyl sites for hydroxylation is 1. The largest absolute Gasteiger partial charge is 0.496 e. The first-order chi connectivity index (χ1) is 8.11. The molecule has 1 N–H and O–H groups in total. The van der Waals surface area contributed by atoms with E-state index < -0.39 is 0 Å². The van der Waals surface area contributed by atoms with Crippen molar-refractivity contribution in [2.45, 2.75) is 45.6 Å². The zero-order valence-corrected chi connectivity index (χ0v) is 10.9. The summed E-state index contributed by atoms with van der Waals surface area (Å²) in [5.41, 5.74) is 3.06. The molecular weight excluding hydrogens is 214 g/mol. The van der Waals surface area contributed by atoms with Crippen LogP contribution in [0.3, 0.4) is 0 Å². The average Bonchev–Trinajstić information content (AvgIpc) is 3.07. The second kappa shape index (κ2) is 5.05. The highest BCUT2D eigenvalue weighted by atomic mass is 16.5. The summed E-state index contributed by atoms with van der Waals surface area (Å²) in [6.07, 6.45) is 5.67. The van der Waals surface area contributed by atoms with Gasteiger partial charge in [0.2, 0.25) is 0 Å². The molecule has 1 fully saturated rings. The molecule has 0 amide bonds. The summed E-state index contributed by atoms with van der Waals surface area (Å²) < 4.78 is 5.37. The number of pyridine rings is 1. The van der Waals surface area contributed by atoms with Crippen LogP contribution < -0.4 is 4.74 Å². The highest BCUT2D eigenvalue weighted by molar-refractivity contribution is 5.41. The maximum atomic E-state index is 9.99. The number of rotatable bonds is 5. The second-order valence-corrected chi connectivity index (χ2v) is 5.08. The molecule has 0 saturated heterocycles. The minimum atomic E-state index is -0.263. The predicted octanol–water partition coefficient (Wildman–Crippen LogP) is 2.41. The van der Waals surface area contributed by atoms with Crippen molar-refractivity contribution >= 4 is 0 Å². The van der Waals surface area contributed by atoms with Crippen molar-refractivity contribution in [3.63, 3.8) is 0 Å². The molecule has 1 aromatic heterocycles. The molecule has 0 aromatic carbocycles. The van der Waals surface area contributed by atoms with Crippen LogP contribution in [0.25, 0.3) is 0 Å². The molecule has 3 nitrogen and oxygen atoms in total. The number of aromatic nitrogens is 1. The third-order valence-corrected chi connectivity index (χ3v) is 3.48. The summed E-state index contributed by atoms with van der Waals surface area (Å²) in [4.78, 5) is 4.41. The number of nitrogens with zero attached hydrogens (tertiary/aromatic N) is 1. The Kier molecular flexibility index (Phi) is 3.67. The summed E-state index contributed by atoms with van der Waals surface area (Å²) in [5.74, 6) is 1.64. The number of hydrogen-bond donors (Lipinski definition) is 1. The molecule has 0 radical (unpaired) electrons. The Labute approximate surface area is 103 Å². The molecule has 0 aliphatic heterocycles. The molecule has 1 unspecified atom stereocenters. The number of hydrogen-bond acceptors (Lipinski definition) is 3. The first-order valence-electron chi connectivity index (χ1n) is 6.29. The topological polar surface area (TPSA) is 42.4 Å². The molecule has 94 valence electrons. The van der Waals surface area contributed by atoms with Crippen molar-refractivity contribution in [3.05, 3.63) is 23.0 Å². The van der Waals surface area contributed by atoms with Crippen LogP contribution in [0.4, 0.5) is 0 Å². The van der Waals surface area contributed by atoms with E-state index in [9.17, 15) is 5.11 Å². The van der Waals surface area contributed by atoms with Crippen LogP contribution in [0.2, 0.25) is 0 Å². The lowest BCUT2D eigenvalue weighted by Crippen LogP contribution is -2.14. The number of aliphatic hydroxyl groups is 1. The molecule has 0 bridgehead atoms. The Morgan fingerprint density at radius 1 is 1.47 bits per heavy atom.